The molecule has 0 bridgehead atoms. The van der Waals surface area contributed by atoms with Crippen LogP contribution in [0.3, 0.4) is 0 Å². The van der Waals surface area contributed by atoms with E-state index in [0.717, 1.165) is 16.8 Å². The highest BCUT2D eigenvalue weighted by molar-refractivity contribution is 8.04. The highest BCUT2D eigenvalue weighted by Gasteiger charge is 2.26. The van der Waals surface area contributed by atoms with Gasteiger partial charge in [0.05, 0.1) is 10.8 Å². The summed E-state index contributed by atoms with van der Waals surface area (Å²) < 4.78 is 0. The predicted octanol–water partition coefficient (Wildman–Crippen LogP) is 2.84. The molecular weight excluding hydrogens is 284 g/mol. The monoisotopic (exact) mass is 302 g/mol. The zero-order valence-electron chi connectivity index (χ0n) is 12.2. The fourth-order valence-corrected chi connectivity index (χ4v) is 3.09. The van der Waals surface area contributed by atoms with E-state index in [1.165, 1.54) is 17.8 Å². The van der Waals surface area contributed by atoms with Gasteiger partial charge in [0.15, 0.2) is 0 Å². The van der Waals surface area contributed by atoms with Crippen molar-refractivity contribution in [1.82, 2.24) is 4.90 Å². The first kappa shape index (κ1) is 15.4. The highest BCUT2D eigenvalue weighted by atomic mass is 32.2. The molecule has 0 radical (unpaired) electrons. The van der Waals surface area contributed by atoms with E-state index in [4.69, 9.17) is 0 Å². The second kappa shape index (κ2) is 6.63. The summed E-state index contributed by atoms with van der Waals surface area (Å²) in [6.07, 6.45) is 3.13. The van der Waals surface area contributed by atoms with Crippen molar-refractivity contribution in [3.8, 4) is 0 Å². The fraction of sp³-hybridized carbons (Fsp3) is 0.250. The summed E-state index contributed by atoms with van der Waals surface area (Å²) in [6, 6.07) is 5.86. The van der Waals surface area contributed by atoms with E-state index in [0.29, 0.717) is 17.3 Å². The van der Waals surface area contributed by atoms with Gasteiger partial charge >= 0.3 is 0 Å². The molecule has 1 fully saturated rings. The first-order valence-corrected chi connectivity index (χ1v) is 7.64. The Balaban J connectivity index is 2.16. The summed E-state index contributed by atoms with van der Waals surface area (Å²) in [7, 11) is 0. The molecule has 2 amide bonds. The number of para-hydroxylation sites is 1. The lowest BCUT2D eigenvalue weighted by atomic mass is 10.1. The summed E-state index contributed by atoms with van der Waals surface area (Å²) >= 11 is 1.37. The van der Waals surface area contributed by atoms with Crippen LogP contribution in [0.15, 0.2) is 42.0 Å². The molecule has 2 rings (SSSR count). The average molecular weight is 302 g/mol. The van der Waals surface area contributed by atoms with Gasteiger partial charge in [-0.3, -0.25) is 9.59 Å². The van der Waals surface area contributed by atoms with Gasteiger partial charge in [0.1, 0.15) is 0 Å². The third-order valence-electron chi connectivity index (χ3n) is 3.21. The smallest absolute Gasteiger partial charge is 0.251 e. The van der Waals surface area contributed by atoms with Gasteiger partial charge in [-0.25, -0.2) is 0 Å². The molecule has 1 aliphatic heterocycles. The van der Waals surface area contributed by atoms with Gasteiger partial charge < -0.3 is 10.2 Å². The van der Waals surface area contributed by atoms with Crippen LogP contribution in [0.5, 0.6) is 0 Å². The number of carbonyl (C=O) groups is 2. The number of aryl methyl sites for hydroxylation is 2. The van der Waals surface area contributed by atoms with E-state index in [9.17, 15) is 9.59 Å². The Morgan fingerprint density at radius 1 is 1.43 bits per heavy atom. The lowest BCUT2D eigenvalue weighted by Crippen LogP contribution is -2.25. The Bertz CT molecular complexity index is 602. The minimum absolute atomic E-state index is 0.00558. The summed E-state index contributed by atoms with van der Waals surface area (Å²) in [5.41, 5.74) is 2.85. The van der Waals surface area contributed by atoms with Crippen molar-refractivity contribution >= 4 is 29.3 Å². The Labute approximate surface area is 128 Å². The topological polar surface area (TPSA) is 49.4 Å². The van der Waals surface area contributed by atoms with E-state index in [1.807, 2.05) is 32.0 Å². The van der Waals surface area contributed by atoms with Crippen LogP contribution in [0.2, 0.25) is 0 Å². The first-order valence-electron chi connectivity index (χ1n) is 6.66. The minimum atomic E-state index is -0.223. The van der Waals surface area contributed by atoms with E-state index in [2.05, 4.69) is 11.9 Å². The van der Waals surface area contributed by atoms with Crippen LogP contribution in [0.1, 0.15) is 11.1 Å². The zero-order valence-corrected chi connectivity index (χ0v) is 13.0. The molecule has 1 saturated heterocycles. The van der Waals surface area contributed by atoms with Crippen molar-refractivity contribution in [1.29, 1.82) is 0 Å². The molecule has 21 heavy (non-hydrogen) atoms. The summed E-state index contributed by atoms with van der Waals surface area (Å²) in [5.74, 6) is 0.153. The number of nitrogens with one attached hydrogen (secondary N) is 1. The Kier molecular flexibility index (Phi) is 4.85. The Morgan fingerprint density at radius 3 is 2.71 bits per heavy atom. The minimum Gasteiger partial charge on any atom is -0.322 e. The molecule has 1 aliphatic rings. The van der Waals surface area contributed by atoms with Crippen molar-refractivity contribution in [2.24, 2.45) is 0 Å². The number of hydrogen-bond donors (Lipinski definition) is 1. The molecule has 0 unspecified atom stereocenters. The maximum absolute atomic E-state index is 12.2. The number of benzene rings is 1. The molecule has 5 heteroatoms. The third-order valence-corrected chi connectivity index (χ3v) is 4.23. The van der Waals surface area contributed by atoms with Crippen LogP contribution in [-0.4, -0.2) is 29.0 Å². The first-order chi connectivity index (χ1) is 10.0. The van der Waals surface area contributed by atoms with Crippen molar-refractivity contribution in [3.63, 3.8) is 0 Å². The predicted molar refractivity (Wildman–Crippen MR) is 87.0 cm³/mol. The molecule has 0 saturated carbocycles. The molecule has 1 aromatic rings. The number of hydrogen-bond acceptors (Lipinski definition) is 3. The number of thioether (sulfide) groups is 1. The lowest BCUT2D eigenvalue weighted by Gasteiger charge is -2.15. The van der Waals surface area contributed by atoms with Crippen molar-refractivity contribution < 1.29 is 9.59 Å². The standard InChI is InChI=1S/C16H18N2O2S/c1-4-8-18-14(20)10-21-15(18)9-13(19)17-16-11(2)6-5-7-12(16)3/h4-7,9H,1,8,10H2,2-3H3,(H,17,19)/b15-9-. The molecule has 0 aromatic heterocycles. The number of anilines is 1. The second-order valence-electron chi connectivity index (χ2n) is 4.82. The van der Waals surface area contributed by atoms with Crippen LogP contribution in [0.4, 0.5) is 5.69 Å². The molecule has 1 N–H and O–H groups in total. The Hall–Kier alpha value is -2.01. The normalized spacial score (nSPS) is 16.4. The van der Waals surface area contributed by atoms with Crippen LogP contribution in [0, 0.1) is 13.8 Å². The van der Waals surface area contributed by atoms with Crippen molar-refractivity contribution in [2.75, 3.05) is 17.6 Å². The highest BCUT2D eigenvalue weighted by Crippen LogP contribution is 2.28. The van der Waals surface area contributed by atoms with Crippen LogP contribution in [-0.2, 0) is 9.59 Å². The quantitative estimate of drug-likeness (QED) is 0.687. The summed E-state index contributed by atoms with van der Waals surface area (Å²) in [5, 5.41) is 3.56. The van der Waals surface area contributed by atoms with Crippen molar-refractivity contribution in [2.45, 2.75) is 13.8 Å². The third kappa shape index (κ3) is 3.55. The molecule has 0 aliphatic carbocycles. The maximum atomic E-state index is 12.2. The maximum Gasteiger partial charge on any atom is 0.251 e. The van der Waals surface area contributed by atoms with Crippen LogP contribution < -0.4 is 5.32 Å². The van der Waals surface area contributed by atoms with Gasteiger partial charge in [0.2, 0.25) is 5.91 Å². The average Bonchev–Trinajstić information content (AvgIpc) is 2.76. The van der Waals surface area contributed by atoms with E-state index < -0.39 is 0 Å². The lowest BCUT2D eigenvalue weighted by molar-refractivity contribution is -0.124. The van der Waals surface area contributed by atoms with Gasteiger partial charge in [0.25, 0.3) is 5.91 Å². The van der Waals surface area contributed by atoms with Gasteiger partial charge in [0, 0.05) is 18.3 Å². The van der Waals surface area contributed by atoms with Crippen molar-refractivity contribution in [3.05, 3.63) is 53.1 Å². The van der Waals surface area contributed by atoms with E-state index >= 15 is 0 Å². The molecule has 1 heterocycles. The molecule has 4 nitrogen and oxygen atoms in total. The Morgan fingerprint density at radius 2 is 2.10 bits per heavy atom. The van der Waals surface area contributed by atoms with Gasteiger partial charge in [-0.05, 0) is 25.0 Å². The van der Waals surface area contributed by atoms with Crippen LogP contribution in [0.25, 0.3) is 0 Å². The number of nitrogens with zero attached hydrogens (tertiary/aromatic N) is 1. The number of carbonyl (C=O) groups excluding carboxylic acids is 2. The zero-order chi connectivity index (χ0) is 15.4. The number of rotatable bonds is 4. The molecular formula is C16H18N2O2S. The second-order valence-corrected chi connectivity index (χ2v) is 5.82. The fourth-order valence-electron chi connectivity index (χ4n) is 2.14. The van der Waals surface area contributed by atoms with Crippen LogP contribution >= 0.6 is 11.8 Å². The molecule has 110 valence electrons. The van der Waals surface area contributed by atoms with Gasteiger partial charge in [-0.1, -0.05) is 36.0 Å². The molecule has 1 aromatic carbocycles. The molecule has 0 atom stereocenters. The van der Waals surface area contributed by atoms with E-state index in [1.54, 1.807) is 11.0 Å². The summed E-state index contributed by atoms with van der Waals surface area (Å²) in [4.78, 5) is 25.4. The summed E-state index contributed by atoms with van der Waals surface area (Å²) in [6.45, 7) is 7.96. The number of amides is 2. The largest absolute Gasteiger partial charge is 0.322 e. The van der Waals surface area contributed by atoms with Gasteiger partial charge in [-0.15, -0.1) is 6.58 Å². The molecule has 0 spiro atoms. The van der Waals surface area contributed by atoms with E-state index in [-0.39, 0.29) is 11.8 Å². The van der Waals surface area contributed by atoms with Gasteiger partial charge in [-0.2, -0.15) is 0 Å². The SMILES string of the molecule is C=CCN1C(=O)CS/C1=C\C(=O)Nc1c(C)cccc1C.